The highest BCUT2D eigenvalue weighted by atomic mass is 16.2. The largest absolute Gasteiger partial charge is 0.338 e. The number of pyridine rings is 2. The molecule has 0 atom stereocenters. The van der Waals surface area contributed by atoms with Gasteiger partial charge in [0.25, 0.3) is 0 Å². The summed E-state index contributed by atoms with van der Waals surface area (Å²) < 4.78 is 0. The molecule has 4 aromatic rings. The van der Waals surface area contributed by atoms with E-state index in [9.17, 15) is 4.79 Å². The number of nitrogens with one attached hydrogen (secondary N) is 2. The second-order valence-electron chi connectivity index (χ2n) is 6.44. The van der Waals surface area contributed by atoms with Crippen LogP contribution in [0, 0.1) is 0 Å². The minimum Gasteiger partial charge on any atom is -0.338 e. The molecule has 0 radical (unpaired) electrons. The quantitative estimate of drug-likeness (QED) is 0.536. The lowest BCUT2D eigenvalue weighted by Gasteiger charge is -2.11. The van der Waals surface area contributed by atoms with Crippen LogP contribution < -0.4 is 10.6 Å². The molecule has 0 aliphatic carbocycles. The van der Waals surface area contributed by atoms with Crippen molar-refractivity contribution in [2.24, 2.45) is 0 Å². The van der Waals surface area contributed by atoms with Crippen molar-refractivity contribution in [3.05, 3.63) is 67.0 Å². The Balaban J connectivity index is 1.79. The number of aromatic nitrogens is 4. The lowest BCUT2D eigenvalue weighted by Crippen LogP contribution is -2.29. The van der Waals surface area contributed by atoms with Gasteiger partial charge in [-0.2, -0.15) is 0 Å². The Bertz CT molecular complexity index is 1130. The van der Waals surface area contributed by atoms with Gasteiger partial charge in [-0.25, -0.2) is 14.8 Å². The molecule has 2 N–H and O–H groups in total. The molecule has 0 spiro atoms. The van der Waals surface area contributed by atoms with Crippen molar-refractivity contribution in [3.8, 4) is 22.8 Å². The number of anilines is 1. The highest BCUT2D eigenvalue weighted by molar-refractivity contribution is 5.93. The summed E-state index contributed by atoms with van der Waals surface area (Å²) in [7, 11) is 0. The molecule has 2 amide bonds. The number of hydrogen-bond donors (Lipinski definition) is 2. The number of hydrogen-bond acceptors (Lipinski definition) is 5. The first kappa shape index (κ1) is 18.5. The normalized spacial score (nSPS) is 10.7. The Morgan fingerprint density at radius 1 is 0.862 bits per heavy atom. The van der Waals surface area contributed by atoms with Gasteiger partial charge in [-0.15, -0.1) is 0 Å². The summed E-state index contributed by atoms with van der Waals surface area (Å²) in [5.74, 6) is 0. The van der Waals surface area contributed by atoms with Gasteiger partial charge >= 0.3 is 6.03 Å². The van der Waals surface area contributed by atoms with Gasteiger partial charge in [0, 0.05) is 24.6 Å². The zero-order chi connectivity index (χ0) is 20.1. The van der Waals surface area contributed by atoms with E-state index in [0.717, 1.165) is 12.1 Å². The first-order valence-corrected chi connectivity index (χ1v) is 9.44. The molecule has 0 bridgehead atoms. The SMILES string of the molecule is CCCNC(=O)Nc1ccc2nc(-c3ccccn3)c(-c3ccccn3)nc2c1. The van der Waals surface area contributed by atoms with E-state index in [1.165, 1.54) is 0 Å². The zero-order valence-electron chi connectivity index (χ0n) is 16.0. The topological polar surface area (TPSA) is 92.7 Å². The summed E-state index contributed by atoms with van der Waals surface area (Å²) in [5.41, 5.74) is 4.77. The van der Waals surface area contributed by atoms with Crippen molar-refractivity contribution in [2.45, 2.75) is 13.3 Å². The monoisotopic (exact) mass is 384 g/mol. The molecule has 1 aromatic carbocycles. The van der Waals surface area contributed by atoms with E-state index in [1.807, 2.05) is 61.5 Å². The van der Waals surface area contributed by atoms with Crippen LogP contribution in [0.1, 0.15) is 13.3 Å². The maximum atomic E-state index is 12.0. The van der Waals surface area contributed by atoms with E-state index in [1.54, 1.807) is 12.4 Å². The van der Waals surface area contributed by atoms with E-state index in [4.69, 9.17) is 9.97 Å². The van der Waals surface area contributed by atoms with E-state index in [-0.39, 0.29) is 6.03 Å². The summed E-state index contributed by atoms with van der Waals surface area (Å²) in [6.07, 6.45) is 4.32. The molecule has 0 saturated heterocycles. The summed E-state index contributed by atoms with van der Waals surface area (Å²) in [6, 6.07) is 16.5. The summed E-state index contributed by atoms with van der Waals surface area (Å²) in [5, 5.41) is 5.62. The Labute approximate surface area is 168 Å². The number of amides is 2. The molecule has 7 heteroatoms. The standard InChI is InChI=1S/C22H20N6O/c1-2-11-25-22(29)26-15-9-10-16-19(14-15)28-21(18-8-4-6-13-24-18)20(27-16)17-7-3-5-12-23-17/h3-10,12-14H,2,11H2,1H3,(H2,25,26,29). The lowest BCUT2D eigenvalue weighted by molar-refractivity contribution is 0.252. The van der Waals surface area contributed by atoms with E-state index in [0.29, 0.717) is 40.3 Å². The van der Waals surface area contributed by atoms with E-state index in [2.05, 4.69) is 20.6 Å². The van der Waals surface area contributed by atoms with Crippen LogP contribution in [0.5, 0.6) is 0 Å². The third kappa shape index (κ3) is 4.19. The molecule has 3 heterocycles. The van der Waals surface area contributed by atoms with Gasteiger partial charge in [0.05, 0.1) is 22.4 Å². The summed E-state index contributed by atoms with van der Waals surface area (Å²) in [4.78, 5) is 30.4. The summed E-state index contributed by atoms with van der Waals surface area (Å²) in [6.45, 7) is 2.63. The Kier molecular flexibility index (Phi) is 5.38. The van der Waals surface area contributed by atoms with Crippen LogP contribution in [0.25, 0.3) is 33.8 Å². The van der Waals surface area contributed by atoms with Gasteiger partial charge in [0.15, 0.2) is 0 Å². The molecule has 144 valence electrons. The number of benzene rings is 1. The average Bonchev–Trinajstić information content (AvgIpc) is 2.78. The van der Waals surface area contributed by atoms with Crippen molar-refractivity contribution in [1.29, 1.82) is 0 Å². The highest BCUT2D eigenvalue weighted by Gasteiger charge is 2.15. The summed E-state index contributed by atoms with van der Waals surface area (Å²) >= 11 is 0. The highest BCUT2D eigenvalue weighted by Crippen LogP contribution is 2.29. The molecule has 0 aliphatic rings. The Hall–Kier alpha value is -3.87. The first-order chi connectivity index (χ1) is 14.2. The zero-order valence-corrected chi connectivity index (χ0v) is 16.0. The third-order valence-corrected chi connectivity index (χ3v) is 4.27. The number of carbonyl (C=O) groups is 1. The molecule has 7 nitrogen and oxygen atoms in total. The third-order valence-electron chi connectivity index (χ3n) is 4.27. The van der Waals surface area contributed by atoms with E-state index >= 15 is 0 Å². The van der Waals surface area contributed by atoms with Crippen molar-refractivity contribution in [2.75, 3.05) is 11.9 Å². The molecule has 0 aliphatic heterocycles. The number of carbonyl (C=O) groups excluding carboxylic acids is 1. The van der Waals surface area contributed by atoms with Gasteiger partial charge in [0.2, 0.25) is 0 Å². The van der Waals surface area contributed by atoms with Crippen LogP contribution in [0.15, 0.2) is 67.0 Å². The van der Waals surface area contributed by atoms with Crippen molar-refractivity contribution < 1.29 is 4.79 Å². The number of nitrogens with zero attached hydrogens (tertiary/aromatic N) is 4. The molecule has 3 aromatic heterocycles. The van der Waals surface area contributed by atoms with Crippen LogP contribution in [-0.2, 0) is 0 Å². The van der Waals surface area contributed by atoms with Crippen LogP contribution in [0.2, 0.25) is 0 Å². The number of fused-ring (bicyclic) bond motifs is 1. The predicted octanol–water partition coefficient (Wildman–Crippen LogP) is 4.29. The average molecular weight is 384 g/mol. The molecular weight excluding hydrogens is 364 g/mol. The first-order valence-electron chi connectivity index (χ1n) is 9.44. The van der Waals surface area contributed by atoms with Crippen molar-refractivity contribution >= 4 is 22.8 Å². The Morgan fingerprint density at radius 2 is 1.52 bits per heavy atom. The minimum absolute atomic E-state index is 0.241. The minimum atomic E-state index is -0.241. The smallest absolute Gasteiger partial charge is 0.319 e. The fourth-order valence-electron chi connectivity index (χ4n) is 2.91. The van der Waals surface area contributed by atoms with Crippen molar-refractivity contribution in [1.82, 2.24) is 25.3 Å². The van der Waals surface area contributed by atoms with Gasteiger partial charge < -0.3 is 10.6 Å². The van der Waals surface area contributed by atoms with Gasteiger partial charge in [0.1, 0.15) is 11.4 Å². The fourth-order valence-corrected chi connectivity index (χ4v) is 2.91. The fraction of sp³-hybridized carbons (Fsp3) is 0.136. The molecule has 29 heavy (non-hydrogen) atoms. The van der Waals surface area contributed by atoms with Crippen LogP contribution >= 0.6 is 0 Å². The van der Waals surface area contributed by atoms with Gasteiger partial charge in [-0.3, -0.25) is 9.97 Å². The van der Waals surface area contributed by atoms with Gasteiger partial charge in [-0.1, -0.05) is 19.1 Å². The Morgan fingerprint density at radius 3 is 2.10 bits per heavy atom. The lowest BCUT2D eigenvalue weighted by atomic mass is 10.1. The van der Waals surface area contributed by atoms with E-state index < -0.39 is 0 Å². The number of rotatable bonds is 5. The second kappa shape index (κ2) is 8.43. The molecule has 4 rings (SSSR count). The molecule has 0 unspecified atom stereocenters. The molecule has 0 saturated carbocycles. The number of urea groups is 1. The van der Waals surface area contributed by atoms with Crippen LogP contribution in [0.3, 0.4) is 0 Å². The second-order valence-corrected chi connectivity index (χ2v) is 6.44. The predicted molar refractivity (Wildman–Crippen MR) is 113 cm³/mol. The maximum Gasteiger partial charge on any atom is 0.319 e. The maximum absolute atomic E-state index is 12.0. The van der Waals surface area contributed by atoms with Gasteiger partial charge in [-0.05, 0) is 48.9 Å². The van der Waals surface area contributed by atoms with Crippen LogP contribution in [0.4, 0.5) is 10.5 Å². The molecular formula is C22H20N6O. The molecule has 0 fully saturated rings. The van der Waals surface area contributed by atoms with Crippen LogP contribution in [-0.4, -0.2) is 32.5 Å². The van der Waals surface area contributed by atoms with Crippen molar-refractivity contribution in [3.63, 3.8) is 0 Å².